The first-order chi connectivity index (χ1) is 9.09. The van der Waals surface area contributed by atoms with Crippen LogP contribution in [0.5, 0.6) is 0 Å². The minimum Gasteiger partial charge on any atom is -0.299 e. The van der Waals surface area contributed by atoms with Crippen LogP contribution in [-0.4, -0.2) is 5.78 Å². The maximum atomic E-state index is 12.4. The lowest BCUT2D eigenvalue weighted by molar-refractivity contribution is -0.127. The summed E-state index contributed by atoms with van der Waals surface area (Å²) in [6.45, 7) is 6.97. The van der Waals surface area contributed by atoms with Crippen molar-refractivity contribution in [3.8, 4) is 0 Å². The molecule has 0 saturated heterocycles. The maximum absolute atomic E-state index is 12.4. The molecule has 3 atom stereocenters. The summed E-state index contributed by atoms with van der Waals surface area (Å²) in [6, 6.07) is 0. The summed E-state index contributed by atoms with van der Waals surface area (Å²) >= 11 is 0. The Kier molecular flexibility index (Phi) is 5.09. The second kappa shape index (κ2) is 6.41. The summed E-state index contributed by atoms with van der Waals surface area (Å²) in [4.78, 5) is 12.4. The molecule has 1 nitrogen and oxygen atoms in total. The molecule has 0 heterocycles. The smallest absolute Gasteiger partial charge is 0.139 e. The van der Waals surface area contributed by atoms with Crippen LogP contribution in [0.2, 0.25) is 0 Å². The van der Waals surface area contributed by atoms with Crippen molar-refractivity contribution in [3.05, 3.63) is 0 Å². The van der Waals surface area contributed by atoms with E-state index < -0.39 is 0 Å². The molecule has 0 N–H and O–H groups in total. The molecule has 2 fully saturated rings. The Morgan fingerprint density at radius 3 is 2.53 bits per heavy atom. The van der Waals surface area contributed by atoms with E-state index in [9.17, 15) is 4.79 Å². The number of rotatable bonds is 5. The second-order valence-electron chi connectivity index (χ2n) is 7.35. The van der Waals surface area contributed by atoms with E-state index in [1.807, 2.05) is 0 Å². The molecular weight excluding hydrogens is 232 g/mol. The standard InChI is InChI=1S/C18H32O/c1-4-5-13-18(3)16(11-12-17(18)19)14(2)15-9-7-6-8-10-15/h14-16H,4-13H2,1-3H3/t14-,16-,18-/m1/s1. The number of ketones is 1. The highest BCUT2D eigenvalue weighted by atomic mass is 16.1. The Morgan fingerprint density at radius 2 is 1.89 bits per heavy atom. The van der Waals surface area contributed by atoms with Crippen LogP contribution < -0.4 is 0 Å². The molecule has 0 radical (unpaired) electrons. The number of Topliss-reactive ketones (excluding diaryl/α,β-unsaturated/α-hetero) is 1. The van der Waals surface area contributed by atoms with Crippen LogP contribution in [-0.2, 0) is 4.79 Å². The van der Waals surface area contributed by atoms with Gasteiger partial charge in [0.05, 0.1) is 0 Å². The number of carbonyl (C=O) groups excluding carboxylic acids is 1. The van der Waals surface area contributed by atoms with Crippen molar-refractivity contribution < 1.29 is 4.79 Å². The van der Waals surface area contributed by atoms with Crippen molar-refractivity contribution >= 4 is 5.78 Å². The van der Waals surface area contributed by atoms with E-state index in [2.05, 4.69) is 20.8 Å². The van der Waals surface area contributed by atoms with Gasteiger partial charge in [0.15, 0.2) is 0 Å². The summed E-state index contributed by atoms with van der Waals surface area (Å²) in [7, 11) is 0. The highest BCUT2D eigenvalue weighted by Crippen LogP contribution is 2.51. The van der Waals surface area contributed by atoms with Gasteiger partial charge in [0, 0.05) is 11.8 Å². The molecule has 2 aliphatic carbocycles. The molecule has 2 saturated carbocycles. The summed E-state index contributed by atoms with van der Waals surface area (Å²) in [5, 5.41) is 0. The van der Waals surface area contributed by atoms with E-state index in [0.29, 0.717) is 11.7 Å². The summed E-state index contributed by atoms with van der Waals surface area (Å²) in [5.41, 5.74) is 0.00682. The van der Waals surface area contributed by atoms with Crippen LogP contribution in [0.3, 0.4) is 0 Å². The molecule has 1 heteroatoms. The molecule has 2 aliphatic rings. The molecular formula is C18H32O. The molecule has 0 spiro atoms. The molecule has 19 heavy (non-hydrogen) atoms. The molecule has 0 bridgehead atoms. The van der Waals surface area contributed by atoms with Crippen molar-refractivity contribution in [2.45, 2.75) is 85.0 Å². The van der Waals surface area contributed by atoms with Crippen LogP contribution in [0, 0.1) is 23.2 Å². The monoisotopic (exact) mass is 264 g/mol. The second-order valence-corrected chi connectivity index (χ2v) is 7.35. The van der Waals surface area contributed by atoms with Crippen LogP contribution >= 0.6 is 0 Å². The maximum Gasteiger partial charge on any atom is 0.139 e. The van der Waals surface area contributed by atoms with Gasteiger partial charge in [-0.05, 0) is 30.6 Å². The minimum absolute atomic E-state index is 0.00682. The largest absolute Gasteiger partial charge is 0.299 e. The average Bonchev–Trinajstić information content (AvgIpc) is 2.73. The lowest BCUT2D eigenvalue weighted by atomic mass is 9.65. The first-order valence-electron chi connectivity index (χ1n) is 8.63. The molecule has 0 amide bonds. The van der Waals surface area contributed by atoms with Gasteiger partial charge in [0.1, 0.15) is 5.78 Å². The number of carbonyl (C=O) groups is 1. The molecule has 0 aromatic heterocycles. The Labute approximate surface area is 119 Å². The van der Waals surface area contributed by atoms with Crippen LogP contribution in [0.4, 0.5) is 0 Å². The molecule has 0 unspecified atom stereocenters. The minimum atomic E-state index is 0.00682. The predicted molar refractivity (Wildman–Crippen MR) is 81.1 cm³/mol. The van der Waals surface area contributed by atoms with Crippen LogP contribution in [0.25, 0.3) is 0 Å². The van der Waals surface area contributed by atoms with Gasteiger partial charge in [-0.15, -0.1) is 0 Å². The summed E-state index contributed by atoms with van der Waals surface area (Å²) in [5.74, 6) is 2.88. The fourth-order valence-electron chi connectivity index (χ4n) is 4.80. The topological polar surface area (TPSA) is 17.1 Å². The van der Waals surface area contributed by atoms with E-state index in [-0.39, 0.29) is 5.41 Å². The first-order valence-corrected chi connectivity index (χ1v) is 8.63. The Balaban J connectivity index is 2.05. The SMILES string of the molecule is CCCC[C@@]1(C)C(=O)CC[C@@H]1[C@H](C)C1CCCCC1. The zero-order chi connectivity index (χ0) is 13.9. The third-order valence-electron chi connectivity index (χ3n) is 6.22. The van der Waals surface area contributed by atoms with Crippen molar-refractivity contribution in [3.63, 3.8) is 0 Å². The van der Waals surface area contributed by atoms with Gasteiger partial charge < -0.3 is 0 Å². The van der Waals surface area contributed by atoms with Gasteiger partial charge in [0.25, 0.3) is 0 Å². The zero-order valence-electron chi connectivity index (χ0n) is 13.2. The number of hydrogen-bond acceptors (Lipinski definition) is 1. The fourth-order valence-corrected chi connectivity index (χ4v) is 4.80. The lowest BCUT2D eigenvalue weighted by Gasteiger charge is -2.39. The third kappa shape index (κ3) is 3.06. The van der Waals surface area contributed by atoms with Crippen molar-refractivity contribution in [1.29, 1.82) is 0 Å². The van der Waals surface area contributed by atoms with Gasteiger partial charge in [-0.2, -0.15) is 0 Å². The molecule has 2 rings (SSSR count). The van der Waals surface area contributed by atoms with Gasteiger partial charge in [0.2, 0.25) is 0 Å². The van der Waals surface area contributed by atoms with Crippen LogP contribution in [0.15, 0.2) is 0 Å². The first kappa shape index (κ1) is 15.1. The highest BCUT2D eigenvalue weighted by molar-refractivity contribution is 5.86. The molecule has 110 valence electrons. The quantitative estimate of drug-likeness (QED) is 0.651. The van der Waals surface area contributed by atoms with Gasteiger partial charge >= 0.3 is 0 Å². The van der Waals surface area contributed by atoms with E-state index >= 15 is 0 Å². The summed E-state index contributed by atoms with van der Waals surface area (Å²) < 4.78 is 0. The predicted octanol–water partition coefficient (Wildman–Crippen LogP) is 5.38. The fraction of sp³-hybridized carbons (Fsp3) is 0.944. The molecule has 0 aromatic carbocycles. The van der Waals surface area contributed by atoms with Crippen molar-refractivity contribution in [2.24, 2.45) is 23.2 Å². The van der Waals surface area contributed by atoms with E-state index in [4.69, 9.17) is 0 Å². The third-order valence-corrected chi connectivity index (χ3v) is 6.22. The summed E-state index contributed by atoms with van der Waals surface area (Å²) in [6.07, 6.45) is 12.7. The Hall–Kier alpha value is -0.330. The normalized spacial score (nSPS) is 34.7. The van der Waals surface area contributed by atoms with E-state index in [1.54, 1.807) is 0 Å². The van der Waals surface area contributed by atoms with Crippen LogP contribution in [0.1, 0.15) is 85.0 Å². The lowest BCUT2D eigenvalue weighted by Crippen LogP contribution is -2.35. The molecule has 0 aliphatic heterocycles. The highest BCUT2D eigenvalue weighted by Gasteiger charge is 2.48. The van der Waals surface area contributed by atoms with E-state index in [1.165, 1.54) is 44.9 Å². The van der Waals surface area contributed by atoms with Crippen molar-refractivity contribution in [2.75, 3.05) is 0 Å². The Morgan fingerprint density at radius 1 is 1.21 bits per heavy atom. The average molecular weight is 264 g/mol. The zero-order valence-corrected chi connectivity index (χ0v) is 13.2. The van der Waals surface area contributed by atoms with Crippen molar-refractivity contribution in [1.82, 2.24) is 0 Å². The number of hydrogen-bond donors (Lipinski definition) is 0. The van der Waals surface area contributed by atoms with E-state index in [0.717, 1.165) is 31.1 Å². The molecule has 0 aromatic rings. The van der Waals surface area contributed by atoms with Gasteiger partial charge in [-0.25, -0.2) is 0 Å². The Bertz CT molecular complexity index is 303. The van der Waals surface area contributed by atoms with Gasteiger partial charge in [-0.1, -0.05) is 65.7 Å². The number of unbranched alkanes of at least 4 members (excludes halogenated alkanes) is 1. The van der Waals surface area contributed by atoms with Gasteiger partial charge in [-0.3, -0.25) is 4.79 Å².